The van der Waals surface area contributed by atoms with E-state index in [1.807, 2.05) is 70.1 Å². The molecule has 180 valence electrons. The molecule has 1 aromatic carbocycles. The summed E-state index contributed by atoms with van der Waals surface area (Å²) in [6.07, 6.45) is 7.31. The molecule has 8 nitrogen and oxygen atoms in total. The number of imidazole rings is 1. The van der Waals surface area contributed by atoms with Gasteiger partial charge < -0.3 is 20.0 Å². The second-order valence-electron chi connectivity index (χ2n) is 9.25. The van der Waals surface area contributed by atoms with Crippen LogP contribution in [0.25, 0.3) is 5.57 Å². The molecule has 34 heavy (non-hydrogen) atoms. The van der Waals surface area contributed by atoms with Crippen LogP contribution in [0.2, 0.25) is 0 Å². The fourth-order valence-electron chi connectivity index (χ4n) is 3.94. The molecule has 0 amide bonds. The van der Waals surface area contributed by atoms with Crippen molar-refractivity contribution >= 4 is 17.3 Å². The van der Waals surface area contributed by atoms with Crippen LogP contribution >= 0.6 is 0 Å². The number of nitro groups is 1. The van der Waals surface area contributed by atoms with Gasteiger partial charge >= 0.3 is 5.82 Å². The first kappa shape index (κ1) is 25.3. The van der Waals surface area contributed by atoms with Crippen LogP contribution in [0, 0.1) is 10.1 Å². The highest BCUT2D eigenvalue weighted by Crippen LogP contribution is 2.32. The smallest absolute Gasteiger partial charge is 0.387 e. The van der Waals surface area contributed by atoms with E-state index < -0.39 is 23.2 Å². The standard InChI is InChI=1S/C26H31N3O5/c1-5-6-10-23-27-25(29(32)33)22(17-31)28(23)15-18-11-13-19(14-12-18)21-9-7-8-20(16-30)24(21)34-26(2,3)4/h7-9,11-14,24,31H,5-6,10,15,17H2,1-4H3. The van der Waals surface area contributed by atoms with E-state index in [1.165, 1.54) is 0 Å². The zero-order valence-electron chi connectivity index (χ0n) is 20.1. The number of aromatic nitrogens is 2. The van der Waals surface area contributed by atoms with E-state index in [1.54, 1.807) is 10.6 Å². The number of aliphatic hydroxyl groups excluding tert-OH is 1. The zero-order valence-corrected chi connectivity index (χ0v) is 20.1. The fourth-order valence-corrected chi connectivity index (χ4v) is 3.94. The molecule has 3 rings (SSSR count). The molecular weight excluding hydrogens is 434 g/mol. The minimum atomic E-state index is -0.544. The van der Waals surface area contributed by atoms with Crippen LogP contribution in [-0.4, -0.2) is 37.2 Å². The highest BCUT2D eigenvalue weighted by Gasteiger charge is 2.29. The van der Waals surface area contributed by atoms with Gasteiger partial charge in [0.25, 0.3) is 0 Å². The average Bonchev–Trinajstić information content (AvgIpc) is 3.15. The van der Waals surface area contributed by atoms with Gasteiger partial charge in [0.2, 0.25) is 5.82 Å². The van der Waals surface area contributed by atoms with Crippen molar-refractivity contribution in [1.82, 2.24) is 9.55 Å². The van der Waals surface area contributed by atoms with Gasteiger partial charge in [-0.2, -0.15) is 0 Å². The summed E-state index contributed by atoms with van der Waals surface area (Å²) in [7, 11) is 0. The topological polar surface area (TPSA) is 107 Å². The molecule has 0 saturated carbocycles. The van der Waals surface area contributed by atoms with Crippen LogP contribution in [0.4, 0.5) is 5.82 Å². The van der Waals surface area contributed by atoms with Crippen molar-refractivity contribution in [2.45, 2.75) is 71.8 Å². The Kier molecular flexibility index (Phi) is 7.99. The van der Waals surface area contributed by atoms with Gasteiger partial charge in [0.15, 0.2) is 0 Å². The van der Waals surface area contributed by atoms with Crippen molar-refractivity contribution in [3.8, 4) is 0 Å². The Morgan fingerprint density at radius 3 is 2.53 bits per heavy atom. The maximum Gasteiger partial charge on any atom is 0.387 e. The third-order valence-electron chi connectivity index (χ3n) is 5.54. The highest BCUT2D eigenvalue weighted by molar-refractivity contribution is 5.80. The van der Waals surface area contributed by atoms with Gasteiger partial charge in [-0.3, -0.25) is 4.57 Å². The minimum Gasteiger partial charge on any atom is -0.390 e. The summed E-state index contributed by atoms with van der Waals surface area (Å²) in [5.41, 5.74) is 2.87. The number of benzene rings is 1. The van der Waals surface area contributed by atoms with Gasteiger partial charge in [0.1, 0.15) is 17.7 Å². The Bertz CT molecular complexity index is 1150. The van der Waals surface area contributed by atoms with Gasteiger partial charge in [-0.25, -0.2) is 4.79 Å². The van der Waals surface area contributed by atoms with Gasteiger partial charge in [0, 0.05) is 6.42 Å². The second kappa shape index (κ2) is 10.7. The summed E-state index contributed by atoms with van der Waals surface area (Å²) in [4.78, 5) is 26.6. The van der Waals surface area contributed by atoms with Crippen LogP contribution in [0.3, 0.4) is 0 Å². The highest BCUT2D eigenvalue weighted by atomic mass is 16.6. The van der Waals surface area contributed by atoms with Crippen molar-refractivity contribution in [1.29, 1.82) is 0 Å². The molecule has 0 fully saturated rings. The first-order chi connectivity index (χ1) is 16.2. The zero-order chi connectivity index (χ0) is 24.9. The lowest BCUT2D eigenvalue weighted by molar-refractivity contribution is -0.390. The van der Waals surface area contributed by atoms with E-state index in [0.717, 1.165) is 29.5 Å². The minimum absolute atomic E-state index is 0.208. The van der Waals surface area contributed by atoms with E-state index in [2.05, 4.69) is 4.98 Å². The van der Waals surface area contributed by atoms with E-state index in [9.17, 15) is 20.0 Å². The lowest BCUT2D eigenvalue weighted by Crippen LogP contribution is -2.30. The van der Waals surface area contributed by atoms with Gasteiger partial charge in [-0.15, -0.1) is 0 Å². The summed E-state index contributed by atoms with van der Waals surface area (Å²) in [6.45, 7) is 7.76. The molecule has 1 aliphatic rings. The Morgan fingerprint density at radius 1 is 1.26 bits per heavy atom. The second-order valence-corrected chi connectivity index (χ2v) is 9.25. The number of carbonyl (C=O) groups excluding carboxylic acids is 1. The molecule has 0 saturated heterocycles. The fraction of sp³-hybridized carbons (Fsp3) is 0.423. The van der Waals surface area contributed by atoms with Crippen molar-refractivity contribution in [3.63, 3.8) is 0 Å². The van der Waals surface area contributed by atoms with Crippen LogP contribution < -0.4 is 0 Å². The van der Waals surface area contributed by atoms with Crippen LogP contribution in [0.15, 0.2) is 48.1 Å². The lowest BCUT2D eigenvalue weighted by Gasteiger charge is -2.30. The number of ether oxygens (including phenoxy) is 1. The summed E-state index contributed by atoms with van der Waals surface area (Å²) in [6, 6.07) is 7.75. The van der Waals surface area contributed by atoms with Crippen molar-refractivity contribution in [2.24, 2.45) is 0 Å². The molecule has 1 heterocycles. The number of aryl methyl sites for hydroxylation is 1. The number of hydrogen-bond donors (Lipinski definition) is 1. The SMILES string of the molecule is CCCCc1nc([N+](=O)[O-])c(CO)n1Cc1ccc(C2=CC=CC(=C=O)C2OC(C)(C)C)cc1. The molecule has 1 aromatic heterocycles. The van der Waals surface area contributed by atoms with Gasteiger partial charge in [0.05, 0.1) is 24.3 Å². The summed E-state index contributed by atoms with van der Waals surface area (Å²) in [5.74, 6) is 2.30. The molecule has 8 heteroatoms. The van der Waals surface area contributed by atoms with E-state index in [-0.39, 0.29) is 11.5 Å². The normalized spacial score (nSPS) is 15.9. The van der Waals surface area contributed by atoms with Crippen LogP contribution in [0.1, 0.15) is 63.2 Å². The summed E-state index contributed by atoms with van der Waals surface area (Å²) < 4.78 is 7.90. The molecule has 0 spiro atoms. The first-order valence-corrected chi connectivity index (χ1v) is 11.4. The van der Waals surface area contributed by atoms with Gasteiger partial charge in [-0.1, -0.05) is 49.8 Å². The quantitative estimate of drug-likeness (QED) is 0.330. The van der Waals surface area contributed by atoms with Crippen molar-refractivity contribution < 1.29 is 19.6 Å². The molecule has 0 bridgehead atoms. The monoisotopic (exact) mass is 465 g/mol. The number of nitrogens with zero attached hydrogens (tertiary/aromatic N) is 3. The van der Waals surface area contributed by atoms with Crippen LogP contribution in [-0.2, 0) is 29.1 Å². The Labute approximate surface area is 199 Å². The predicted molar refractivity (Wildman–Crippen MR) is 130 cm³/mol. The molecule has 0 radical (unpaired) electrons. The third-order valence-corrected chi connectivity index (χ3v) is 5.54. The maximum atomic E-state index is 11.5. The van der Waals surface area contributed by atoms with Crippen molar-refractivity contribution in [3.05, 3.63) is 80.8 Å². The lowest BCUT2D eigenvalue weighted by atomic mass is 9.90. The first-order valence-electron chi connectivity index (χ1n) is 11.4. The number of unbranched alkanes of at least 4 members (excludes halogenated alkanes) is 1. The molecule has 1 N–H and O–H groups in total. The van der Waals surface area contributed by atoms with Gasteiger partial charge in [-0.05, 0) is 59.9 Å². The van der Waals surface area contributed by atoms with E-state index in [0.29, 0.717) is 24.4 Å². The Morgan fingerprint density at radius 2 is 1.97 bits per heavy atom. The van der Waals surface area contributed by atoms with E-state index >= 15 is 0 Å². The van der Waals surface area contributed by atoms with Crippen molar-refractivity contribution in [2.75, 3.05) is 0 Å². The number of allylic oxidation sites excluding steroid dienone is 2. The van der Waals surface area contributed by atoms with E-state index in [4.69, 9.17) is 4.74 Å². The number of rotatable bonds is 9. The Balaban J connectivity index is 1.92. The molecule has 1 unspecified atom stereocenters. The maximum absolute atomic E-state index is 11.5. The third kappa shape index (κ3) is 5.78. The number of hydrogen-bond acceptors (Lipinski definition) is 6. The molecule has 1 aliphatic carbocycles. The summed E-state index contributed by atoms with van der Waals surface area (Å²) >= 11 is 0. The molecule has 2 aromatic rings. The number of aliphatic hydroxyl groups is 1. The molecule has 0 aliphatic heterocycles. The van der Waals surface area contributed by atoms with Crippen LogP contribution in [0.5, 0.6) is 0 Å². The average molecular weight is 466 g/mol. The molecule has 1 atom stereocenters. The largest absolute Gasteiger partial charge is 0.390 e. The molecular formula is C26H31N3O5. The summed E-state index contributed by atoms with van der Waals surface area (Å²) in [5, 5.41) is 21.3. The Hall–Kier alpha value is -3.32. The predicted octanol–water partition coefficient (Wildman–Crippen LogP) is 4.57.